The van der Waals surface area contributed by atoms with E-state index in [-0.39, 0.29) is 23.2 Å². The van der Waals surface area contributed by atoms with Crippen LogP contribution in [0, 0.1) is 24.5 Å². The van der Waals surface area contributed by atoms with Crippen molar-refractivity contribution in [2.45, 2.75) is 31.1 Å². The third-order valence-electron chi connectivity index (χ3n) is 5.69. The van der Waals surface area contributed by atoms with E-state index in [4.69, 9.17) is 11.6 Å². The Bertz CT molecular complexity index is 1210. The molecule has 3 aromatic carbocycles. The van der Waals surface area contributed by atoms with Gasteiger partial charge in [0.05, 0.1) is 10.6 Å². The molecule has 1 heterocycles. The van der Waals surface area contributed by atoms with Crippen LogP contribution in [0.2, 0.25) is 5.02 Å². The number of hydrogen-bond acceptors (Lipinski definition) is 2. The van der Waals surface area contributed by atoms with E-state index in [9.17, 15) is 17.2 Å². The zero-order chi connectivity index (χ0) is 22.2. The number of halogens is 3. The number of fused-ring (bicyclic) bond motifs is 1. The highest BCUT2D eigenvalue weighted by Gasteiger charge is 2.33. The van der Waals surface area contributed by atoms with Gasteiger partial charge in [0.1, 0.15) is 11.6 Å². The Balaban J connectivity index is 1.64. The maximum absolute atomic E-state index is 14.2. The Morgan fingerprint density at radius 3 is 2.48 bits per heavy atom. The molecule has 3 aromatic rings. The molecule has 0 saturated carbocycles. The van der Waals surface area contributed by atoms with Crippen LogP contribution in [-0.2, 0) is 22.9 Å². The SMILES string of the molecule is Cc1ccc(S(=O)(=O)N2CC(CCc3ccc(Cl)cc3F)Cc3ccc(F)cc32)cc1. The van der Waals surface area contributed by atoms with Crippen LogP contribution in [0.15, 0.2) is 65.6 Å². The first-order valence-corrected chi connectivity index (χ1v) is 11.9. The van der Waals surface area contributed by atoms with Gasteiger partial charge in [-0.25, -0.2) is 17.2 Å². The number of hydrogen-bond donors (Lipinski definition) is 0. The van der Waals surface area contributed by atoms with Gasteiger partial charge in [-0.15, -0.1) is 0 Å². The average molecular weight is 462 g/mol. The highest BCUT2D eigenvalue weighted by molar-refractivity contribution is 7.92. The molecule has 0 aliphatic carbocycles. The lowest BCUT2D eigenvalue weighted by atomic mass is 9.89. The molecule has 31 heavy (non-hydrogen) atoms. The van der Waals surface area contributed by atoms with Gasteiger partial charge in [0.25, 0.3) is 10.0 Å². The van der Waals surface area contributed by atoms with Gasteiger partial charge in [-0.2, -0.15) is 0 Å². The fourth-order valence-corrected chi connectivity index (χ4v) is 5.72. The highest BCUT2D eigenvalue weighted by Crippen LogP contribution is 2.36. The van der Waals surface area contributed by atoms with Crippen LogP contribution in [0.25, 0.3) is 0 Å². The summed E-state index contributed by atoms with van der Waals surface area (Å²) in [7, 11) is -3.86. The lowest BCUT2D eigenvalue weighted by Gasteiger charge is -2.35. The second-order valence-electron chi connectivity index (χ2n) is 7.97. The fraction of sp³-hybridized carbons (Fsp3) is 0.250. The number of sulfonamides is 1. The third-order valence-corrected chi connectivity index (χ3v) is 7.72. The molecule has 3 nitrogen and oxygen atoms in total. The van der Waals surface area contributed by atoms with Crippen molar-refractivity contribution in [2.24, 2.45) is 5.92 Å². The first-order valence-electron chi connectivity index (χ1n) is 10.1. The Morgan fingerprint density at radius 1 is 1.03 bits per heavy atom. The molecule has 0 saturated heterocycles. The molecule has 1 aliphatic rings. The van der Waals surface area contributed by atoms with Gasteiger partial charge in [-0.3, -0.25) is 4.31 Å². The molecule has 0 N–H and O–H groups in total. The summed E-state index contributed by atoms with van der Waals surface area (Å²) in [6.45, 7) is 2.09. The first-order chi connectivity index (χ1) is 14.7. The van der Waals surface area contributed by atoms with E-state index < -0.39 is 15.8 Å². The molecule has 0 fully saturated rings. The smallest absolute Gasteiger partial charge is 0.264 e. The summed E-state index contributed by atoms with van der Waals surface area (Å²) in [6.07, 6.45) is 1.66. The van der Waals surface area contributed by atoms with Crippen LogP contribution in [0.5, 0.6) is 0 Å². The largest absolute Gasteiger partial charge is 0.266 e. The van der Waals surface area contributed by atoms with Crippen molar-refractivity contribution in [3.8, 4) is 0 Å². The molecular weight excluding hydrogens is 440 g/mol. The second-order valence-corrected chi connectivity index (χ2v) is 10.3. The molecule has 1 aliphatic heterocycles. The molecule has 0 bridgehead atoms. The Kier molecular flexibility index (Phi) is 6.04. The van der Waals surface area contributed by atoms with E-state index in [1.54, 1.807) is 42.5 Å². The number of rotatable bonds is 5. The highest BCUT2D eigenvalue weighted by atomic mass is 35.5. The summed E-state index contributed by atoms with van der Waals surface area (Å²) in [4.78, 5) is 0.165. The van der Waals surface area contributed by atoms with E-state index in [1.165, 1.54) is 22.5 Å². The average Bonchev–Trinajstić information content (AvgIpc) is 2.73. The minimum absolute atomic E-state index is 0.0340. The van der Waals surface area contributed by atoms with Gasteiger partial charge in [-0.05, 0) is 79.6 Å². The number of aryl methyl sites for hydroxylation is 2. The third kappa shape index (κ3) is 4.60. The van der Waals surface area contributed by atoms with E-state index >= 15 is 0 Å². The van der Waals surface area contributed by atoms with Crippen LogP contribution < -0.4 is 4.31 Å². The van der Waals surface area contributed by atoms with Crippen LogP contribution in [-0.4, -0.2) is 15.0 Å². The Labute approximate surface area is 186 Å². The molecule has 0 radical (unpaired) electrons. The van der Waals surface area contributed by atoms with Gasteiger partial charge < -0.3 is 0 Å². The molecule has 4 rings (SSSR count). The predicted molar refractivity (Wildman–Crippen MR) is 119 cm³/mol. The summed E-state index contributed by atoms with van der Waals surface area (Å²) in [5.74, 6) is -0.882. The zero-order valence-corrected chi connectivity index (χ0v) is 18.6. The van der Waals surface area contributed by atoms with Crippen molar-refractivity contribution in [1.29, 1.82) is 0 Å². The number of benzene rings is 3. The lowest BCUT2D eigenvalue weighted by molar-refractivity contribution is 0.467. The maximum atomic E-state index is 14.2. The fourth-order valence-electron chi connectivity index (χ4n) is 3.99. The molecular formula is C24H22ClF2NO2S. The minimum Gasteiger partial charge on any atom is -0.266 e. The van der Waals surface area contributed by atoms with Crippen LogP contribution in [0.4, 0.5) is 14.5 Å². The summed E-state index contributed by atoms with van der Waals surface area (Å²) >= 11 is 5.83. The van der Waals surface area contributed by atoms with Crippen molar-refractivity contribution in [1.82, 2.24) is 0 Å². The molecule has 1 atom stereocenters. The van der Waals surface area contributed by atoms with Gasteiger partial charge in [0, 0.05) is 11.6 Å². The minimum atomic E-state index is -3.86. The summed E-state index contributed by atoms with van der Waals surface area (Å²) in [6, 6.07) is 15.5. The first kappa shape index (κ1) is 21.8. The molecule has 7 heteroatoms. The van der Waals surface area contributed by atoms with Crippen molar-refractivity contribution >= 4 is 27.3 Å². The molecule has 162 valence electrons. The van der Waals surface area contributed by atoms with E-state index in [1.807, 2.05) is 6.92 Å². The van der Waals surface area contributed by atoms with Gasteiger partial charge in [0.15, 0.2) is 0 Å². The van der Waals surface area contributed by atoms with E-state index in [0.29, 0.717) is 35.5 Å². The quantitative estimate of drug-likeness (QED) is 0.472. The van der Waals surface area contributed by atoms with Crippen LogP contribution in [0.3, 0.4) is 0 Å². The second kappa shape index (κ2) is 8.60. The molecule has 0 aromatic heterocycles. The van der Waals surface area contributed by atoms with Crippen LogP contribution in [0.1, 0.15) is 23.1 Å². The number of anilines is 1. The van der Waals surface area contributed by atoms with Gasteiger partial charge in [0.2, 0.25) is 0 Å². The van der Waals surface area contributed by atoms with Gasteiger partial charge >= 0.3 is 0 Å². The summed E-state index contributed by atoms with van der Waals surface area (Å²) in [5, 5.41) is 0.338. The molecule has 1 unspecified atom stereocenters. The van der Waals surface area contributed by atoms with Crippen molar-refractivity contribution in [3.05, 3.63) is 94.0 Å². The molecule has 0 amide bonds. The Morgan fingerprint density at radius 2 is 1.77 bits per heavy atom. The lowest BCUT2D eigenvalue weighted by Crippen LogP contribution is -2.40. The zero-order valence-electron chi connectivity index (χ0n) is 17.0. The standard InChI is InChI=1S/C24H22ClF2NO2S/c1-16-2-10-22(11-3-16)31(29,30)28-15-17(12-19-7-9-21(26)14-24(19)28)4-5-18-6-8-20(25)13-23(18)27/h2-3,6-11,13-14,17H,4-5,12,15H2,1H3. The van der Waals surface area contributed by atoms with Crippen molar-refractivity contribution in [2.75, 3.05) is 10.8 Å². The monoisotopic (exact) mass is 461 g/mol. The molecule has 0 spiro atoms. The van der Waals surface area contributed by atoms with Crippen LogP contribution >= 0.6 is 11.6 Å². The van der Waals surface area contributed by atoms with Gasteiger partial charge in [-0.1, -0.05) is 41.4 Å². The van der Waals surface area contributed by atoms with Crippen molar-refractivity contribution in [3.63, 3.8) is 0 Å². The van der Waals surface area contributed by atoms with E-state index in [2.05, 4.69) is 0 Å². The van der Waals surface area contributed by atoms with Crippen molar-refractivity contribution < 1.29 is 17.2 Å². The number of nitrogens with zero attached hydrogens (tertiary/aromatic N) is 1. The Hall–Kier alpha value is -2.44. The topological polar surface area (TPSA) is 37.4 Å². The normalized spacial score (nSPS) is 16.3. The predicted octanol–water partition coefficient (Wildman–Crippen LogP) is 5.93. The summed E-state index contributed by atoms with van der Waals surface area (Å²) in [5.41, 5.74) is 2.63. The summed E-state index contributed by atoms with van der Waals surface area (Å²) < 4.78 is 56.3. The van der Waals surface area contributed by atoms with E-state index in [0.717, 1.165) is 11.1 Å². The maximum Gasteiger partial charge on any atom is 0.264 e.